The lowest BCUT2D eigenvalue weighted by Crippen LogP contribution is -2.42. The Morgan fingerprint density at radius 1 is 1.38 bits per heavy atom. The normalized spacial score (nSPS) is 16.3. The minimum Gasteiger partial charge on any atom is -0.487 e. The summed E-state index contributed by atoms with van der Waals surface area (Å²) in [6, 6.07) is 4.42. The molecule has 1 aromatic carbocycles. The second kappa shape index (κ2) is 9.99. The highest BCUT2D eigenvalue weighted by Gasteiger charge is 2.27. The number of nitrogens with one attached hydrogen (secondary N) is 1. The smallest absolute Gasteiger partial charge is 0.410 e. The van der Waals surface area contributed by atoms with Gasteiger partial charge in [-0.15, -0.1) is 0 Å². The van der Waals surface area contributed by atoms with Crippen LogP contribution >= 0.6 is 0 Å². The molecule has 1 aliphatic rings. The Morgan fingerprint density at radius 3 is 2.59 bits per heavy atom. The van der Waals surface area contributed by atoms with Crippen molar-refractivity contribution < 1.29 is 28.0 Å². The van der Waals surface area contributed by atoms with Crippen LogP contribution in [0.15, 0.2) is 18.2 Å². The molecule has 29 heavy (non-hydrogen) atoms. The molecular formula is C18H27N3O7S. The fourth-order valence-electron chi connectivity index (χ4n) is 2.90. The molecule has 2 rings (SSSR count). The molecule has 1 heterocycles. The number of ether oxygens (including phenoxy) is 2. The molecule has 1 atom stereocenters. The van der Waals surface area contributed by atoms with Gasteiger partial charge in [0, 0.05) is 25.7 Å². The molecule has 0 aliphatic carbocycles. The predicted molar refractivity (Wildman–Crippen MR) is 107 cm³/mol. The average molecular weight is 429 g/mol. The van der Waals surface area contributed by atoms with E-state index in [-0.39, 0.29) is 30.0 Å². The minimum atomic E-state index is -2.20. The van der Waals surface area contributed by atoms with Gasteiger partial charge in [0.2, 0.25) is 11.3 Å². The summed E-state index contributed by atoms with van der Waals surface area (Å²) in [4.78, 5) is 24.6. The molecule has 11 heteroatoms. The molecule has 1 aromatic rings. The lowest BCUT2D eigenvalue weighted by atomic mass is 9.98. The molecular weight excluding hydrogens is 402 g/mol. The molecule has 1 saturated heterocycles. The summed E-state index contributed by atoms with van der Waals surface area (Å²) in [6.07, 6.45) is 1.11. The Kier molecular flexibility index (Phi) is 7.94. The first-order valence-electron chi connectivity index (χ1n) is 9.27. The highest BCUT2D eigenvalue weighted by atomic mass is 32.2. The Morgan fingerprint density at radius 2 is 2.03 bits per heavy atom. The molecule has 2 N–H and O–H groups in total. The Labute approximate surface area is 172 Å². The molecule has 1 aliphatic heterocycles. The van der Waals surface area contributed by atoms with Crippen LogP contribution in [-0.2, 0) is 22.5 Å². The van der Waals surface area contributed by atoms with Gasteiger partial charge in [-0.1, -0.05) is 6.07 Å². The standard InChI is InChI=1S/C18H27N3O7S/c1-18(2,3)28-17(22)20-8-6-13(7-9-20)12-27-16-5-4-14(11-19-29(25)26)10-15(16)21(23)24/h4-5,10,13,19H,6-9,11-12H2,1-3H3,(H,25,26). The van der Waals surface area contributed by atoms with Gasteiger partial charge in [0.15, 0.2) is 5.75 Å². The zero-order valence-electron chi connectivity index (χ0n) is 16.8. The second-order valence-corrected chi connectivity index (χ2v) is 8.64. The molecule has 1 fully saturated rings. The van der Waals surface area contributed by atoms with Crippen LogP contribution in [-0.4, -0.2) is 50.0 Å². The summed E-state index contributed by atoms with van der Waals surface area (Å²) in [5.74, 6) is 0.324. The van der Waals surface area contributed by atoms with E-state index in [0.29, 0.717) is 25.3 Å². The highest BCUT2D eigenvalue weighted by Crippen LogP contribution is 2.29. The minimum absolute atomic E-state index is 0.0212. The Hall–Kier alpha value is -2.24. The van der Waals surface area contributed by atoms with E-state index < -0.39 is 21.8 Å². The van der Waals surface area contributed by atoms with E-state index in [0.717, 1.165) is 12.8 Å². The van der Waals surface area contributed by atoms with Gasteiger partial charge in [-0.2, -0.15) is 0 Å². The van der Waals surface area contributed by atoms with Gasteiger partial charge >= 0.3 is 11.8 Å². The lowest BCUT2D eigenvalue weighted by molar-refractivity contribution is -0.386. The van der Waals surface area contributed by atoms with Crippen molar-refractivity contribution in [3.05, 3.63) is 33.9 Å². The SMILES string of the molecule is CC(C)(C)OC(=O)N1CCC(COc2ccc(CNS(=O)O)cc2[N+](=O)[O-])CC1. The molecule has 10 nitrogen and oxygen atoms in total. The predicted octanol–water partition coefficient (Wildman–Crippen LogP) is 2.85. The molecule has 1 unspecified atom stereocenters. The summed E-state index contributed by atoms with van der Waals surface area (Å²) in [7, 11) is 0. The van der Waals surface area contributed by atoms with Gasteiger partial charge in [-0.05, 0) is 51.2 Å². The van der Waals surface area contributed by atoms with Crippen LogP contribution in [0.3, 0.4) is 0 Å². The number of hydrogen-bond donors (Lipinski definition) is 2. The van der Waals surface area contributed by atoms with Crippen molar-refractivity contribution >= 4 is 23.0 Å². The van der Waals surface area contributed by atoms with E-state index in [4.69, 9.17) is 14.0 Å². The Bertz CT molecular complexity index is 758. The molecule has 0 saturated carbocycles. The number of piperidine rings is 1. The molecule has 0 aromatic heterocycles. The van der Waals surface area contributed by atoms with Gasteiger partial charge in [-0.3, -0.25) is 14.7 Å². The monoisotopic (exact) mass is 429 g/mol. The highest BCUT2D eigenvalue weighted by molar-refractivity contribution is 7.77. The van der Waals surface area contributed by atoms with Crippen molar-refractivity contribution in [1.29, 1.82) is 0 Å². The first-order chi connectivity index (χ1) is 13.5. The van der Waals surface area contributed by atoms with Crippen LogP contribution in [0.4, 0.5) is 10.5 Å². The van der Waals surface area contributed by atoms with E-state index in [2.05, 4.69) is 4.72 Å². The number of nitrogens with zero attached hydrogens (tertiary/aromatic N) is 2. The van der Waals surface area contributed by atoms with Crippen molar-refractivity contribution in [3.8, 4) is 5.75 Å². The van der Waals surface area contributed by atoms with Crippen LogP contribution < -0.4 is 9.46 Å². The Balaban J connectivity index is 1.89. The summed E-state index contributed by atoms with van der Waals surface area (Å²) < 4.78 is 32.8. The third-order valence-electron chi connectivity index (χ3n) is 4.36. The van der Waals surface area contributed by atoms with E-state index in [9.17, 15) is 19.1 Å². The maximum absolute atomic E-state index is 12.1. The van der Waals surface area contributed by atoms with E-state index in [1.807, 2.05) is 20.8 Å². The molecule has 1 amide bonds. The molecule has 162 valence electrons. The third-order valence-corrected chi connectivity index (χ3v) is 4.75. The fraction of sp³-hybridized carbons (Fsp3) is 0.611. The zero-order chi connectivity index (χ0) is 21.6. The number of hydrogen-bond acceptors (Lipinski definition) is 6. The first-order valence-corrected chi connectivity index (χ1v) is 10.4. The number of rotatable bonds is 7. The summed E-state index contributed by atoms with van der Waals surface area (Å²) in [6.45, 7) is 6.89. The summed E-state index contributed by atoms with van der Waals surface area (Å²) in [5, 5.41) is 11.3. The van der Waals surface area contributed by atoms with E-state index in [1.165, 1.54) is 12.1 Å². The van der Waals surface area contributed by atoms with Crippen molar-refractivity contribution in [2.24, 2.45) is 5.92 Å². The lowest BCUT2D eigenvalue weighted by Gasteiger charge is -2.33. The largest absolute Gasteiger partial charge is 0.487 e. The van der Waals surface area contributed by atoms with Crippen LogP contribution in [0.1, 0.15) is 39.2 Å². The van der Waals surface area contributed by atoms with Crippen LogP contribution in [0.5, 0.6) is 5.75 Å². The quantitative estimate of drug-likeness (QED) is 0.387. The van der Waals surface area contributed by atoms with Crippen LogP contribution in [0, 0.1) is 16.0 Å². The third kappa shape index (κ3) is 7.59. The number of carbonyl (C=O) groups excluding carboxylic acids is 1. The van der Waals surface area contributed by atoms with Gasteiger partial charge in [0.1, 0.15) is 5.60 Å². The van der Waals surface area contributed by atoms with E-state index >= 15 is 0 Å². The number of likely N-dealkylation sites (tertiary alicyclic amines) is 1. The van der Waals surface area contributed by atoms with Crippen LogP contribution in [0.25, 0.3) is 0 Å². The second-order valence-electron chi connectivity index (χ2n) is 7.85. The van der Waals surface area contributed by atoms with Crippen LogP contribution in [0.2, 0.25) is 0 Å². The molecule has 0 radical (unpaired) electrons. The maximum Gasteiger partial charge on any atom is 0.410 e. The zero-order valence-corrected chi connectivity index (χ0v) is 17.6. The first kappa shape index (κ1) is 23.0. The topological polar surface area (TPSA) is 131 Å². The van der Waals surface area contributed by atoms with Crippen molar-refractivity contribution in [2.45, 2.75) is 45.8 Å². The van der Waals surface area contributed by atoms with Gasteiger partial charge < -0.3 is 14.4 Å². The molecule has 0 bridgehead atoms. The number of amides is 1. The number of nitro groups is 1. The van der Waals surface area contributed by atoms with Gasteiger partial charge in [0.05, 0.1) is 11.5 Å². The summed E-state index contributed by atoms with van der Waals surface area (Å²) >= 11 is -2.20. The fourth-order valence-corrected chi connectivity index (χ4v) is 3.19. The molecule has 0 spiro atoms. The van der Waals surface area contributed by atoms with Crippen molar-refractivity contribution in [1.82, 2.24) is 9.62 Å². The number of benzene rings is 1. The average Bonchev–Trinajstić information content (AvgIpc) is 2.63. The van der Waals surface area contributed by atoms with E-state index in [1.54, 1.807) is 11.0 Å². The van der Waals surface area contributed by atoms with Gasteiger partial charge in [0.25, 0.3) is 0 Å². The number of carbonyl (C=O) groups is 1. The number of nitro benzene ring substituents is 1. The van der Waals surface area contributed by atoms with Gasteiger partial charge in [-0.25, -0.2) is 13.7 Å². The summed E-state index contributed by atoms with van der Waals surface area (Å²) in [5.41, 5.74) is -0.236. The maximum atomic E-state index is 12.1. The van der Waals surface area contributed by atoms with Crippen molar-refractivity contribution in [2.75, 3.05) is 19.7 Å². The van der Waals surface area contributed by atoms with Crippen molar-refractivity contribution in [3.63, 3.8) is 0 Å².